The average Bonchev–Trinajstić information content (AvgIpc) is 3.09. The third kappa shape index (κ3) is 6.38. The zero-order valence-electron chi connectivity index (χ0n) is 25.3. The van der Waals surface area contributed by atoms with E-state index in [-0.39, 0.29) is 15.2 Å². The number of nitrogens with one attached hydrogen (secondary N) is 1. The van der Waals surface area contributed by atoms with Crippen LogP contribution < -0.4 is 5.32 Å². The summed E-state index contributed by atoms with van der Waals surface area (Å²) in [6.45, 7) is 0. The lowest BCUT2D eigenvalue weighted by atomic mass is 10.1. The standard InChI is InChI=1S/C36H25N5O6S2/c42-48(43,44)34-17-7-13-26-27(34)14-6-16-29(26)38-39-30-19-20-31(25-12-5-4-11-24(25)30)40-41-32-21-22-33(37-23-9-2-1-3-10-23)36-28(32)15-8-18-35(36)49(45,46)47/h1-22,37H,(H,42,43,44)(H,45,46,47). The Bertz CT molecular complexity index is 2700. The topological polar surface area (TPSA) is 170 Å². The van der Waals surface area contributed by atoms with Gasteiger partial charge < -0.3 is 5.32 Å². The van der Waals surface area contributed by atoms with Crippen molar-refractivity contribution in [1.82, 2.24) is 0 Å². The Morgan fingerprint density at radius 2 is 0.837 bits per heavy atom. The van der Waals surface area contributed by atoms with Gasteiger partial charge in [-0.3, -0.25) is 9.11 Å². The van der Waals surface area contributed by atoms with Gasteiger partial charge >= 0.3 is 0 Å². The molecule has 0 unspecified atom stereocenters. The van der Waals surface area contributed by atoms with Gasteiger partial charge in [0, 0.05) is 43.7 Å². The molecule has 3 N–H and O–H groups in total. The van der Waals surface area contributed by atoms with Gasteiger partial charge in [0.25, 0.3) is 20.2 Å². The first kappa shape index (κ1) is 31.7. The lowest BCUT2D eigenvalue weighted by molar-refractivity contribution is 0.482. The van der Waals surface area contributed by atoms with Crippen LogP contribution in [0.2, 0.25) is 0 Å². The summed E-state index contributed by atoms with van der Waals surface area (Å²) in [5.74, 6) is 0. The fourth-order valence-corrected chi connectivity index (χ4v) is 7.11. The maximum absolute atomic E-state index is 12.4. The zero-order chi connectivity index (χ0) is 34.2. The first-order chi connectivity index (χ1) is 23.6. The Labute approximate surface area is 280 Å². The van der Waals surface area contributed by atoms with Crippen LogP contribution in [0, 0.1) is 0 Å². The minimum Gasteiger partial charge on any atom is -0.355 e. The van der Waals surface area contributed by atoms with Gasteiger partial charge in [-0.2, -0.15) is 16.8 Å². The van der Waals surface area contributed by atoms with Crippen LogP contribution >= 0.6 is 0 Å². The molecule has 242 valence electrons. The Morgan fingerprint density at radius 3 is 1.45 bits per heavy atom. The molecule has 0 bridgehead atoms. The van der Waals surface area contributed by atoms with Crippen LogP contribution in [0.1, 0.15) is 0 Å². The number of hydrogen-bond donors (Lipinski definition) is 3. The second kappa shape index (κ2) is 12.6. The Balaban J connectivity index is 1.28. The van der Waals surface area contributed by atoms with Gasteiger partial charge in [0.2, 0.25) is 0 Å². The molecule has 0 radical (unpaired) electrons. The second-order valence-electron chi connectivity index (χ2n) is 10.9. The van der Waals surface area contributed by atoms with Gasteiger partial charge in [0.05, 0.1) is 22.7 Å². The van der Waals surface area contributed by atoms with E-state index >= 15 is 0 Å². The van der Waals surface area contributed by atoms with E-state index in [1.54, 1.807) is 54.6 Å². The SMILES string of the molecule is O=S(=O)(O)c1cccc2c(N=Nc3ccc(N=Nc4ccc(Nc5ccccc5)c5c(S(=O)(=O)O)cccc45)c4ccccc34)cccc12. The molecule has 0 atom stereocenters. The van der Waals surface area contributed by atoms with E-state index in [1.165, 1.54) is 24.3 Å². The van der Waals surface area contributed by atoms with E-state index in [0.717, 1.165) is 16.5 Å². The molecule has 0 aliphatic rings. The predicted molar refractivity (Wildman–Crippen MR) is 190 cm³/mol. The highest BCUT2D eigenvalue weighted by molar-refractivity contribution is 7.86. The monoisotopic (exact) mass is 687 g/mol. The van der Waals surface area contributed by atoms with Crippen LogP contribution in [-0.4, -0.2) is 25.9 Å². The molecule has 0 aromatic heterocycles. The number of fused-ring (bicyclic) bond motifs is 3. The molecule has 0 saturated carbocycles. The predicted octanol–water partition coefficient (Wildman–Crippen LogP) is 10.2. The van der Waals surface area contributed by atoms with Crippen molar-refractivity contribution in [2.24, 2.45) is 20.5 Å². The van der Waals surface area contributed by atoms with Gasteiger partial charge in [0.15, 0.2) is 0 Å². The summed E-state index contributed by atoms with van der Waals surface area (Å²) in [6, 6.07) is 37.6. The maximum atomic E-state index is 12.4. The van der Waals surface area contributed by atoms with Gasteiger partial charge in [-0.1, -0.05) is 78.9 Å². The molecule has 0 aliphatic heterocycles. The van der Waals surface area contributed by atoms with Crippen molar-refractivity contribution in [3.63, 3.8) is 0 Å². The van der Waals surface area contributed by atoms with Crippen molar-refractivity contribution in [1.29, 1.82) is 0 Å². The molecule has 7 aromatic rings. The van der Waals surface area contributed by atoms with E-state index in [4.69, 9.17) is 0 Å². The molecule has 0 amide bonds. The van der Waals surface area contributed by atoms with Crippen molar-refractivity contribution < 1.29 is 25.9 Å². The fraction of sp³-hybridized carbons (Fsp3) is 0. The average molecular weight is 688 g/mol. The lowest BCUT2D eigenvalue weighted by Gasteiger charge is -2.14. The highest BCUT2D eigenvalue weighted by Gasteiger charge is 2.19. The highest BCUT2D eigenvalue weighted by Crippen LogP contribution is 2.40. The molecule has 7 aromatic carbocycles. The molecular weight excluding hydrogens is 663 g/mol. The normalized spacial score (nSPS) is 12.4. The summed E-state index contributed by atoms with van der Waals surface area (Å²) in [5, 5.41) is 24.2. The first-order valence-electron chi connectivity index (χ1n) is 14.8. The first-order valence-corrected chi connectivity index (χ1v) is 17.7. The highest BCUT2D eigenvalue weighted by atomic mass is 32.2. The number of nitrogens with zero attached hydrogens (tertiary/aromatic N) is 4. The third-order valence-corrected chi connectivity index (χ3v) is 9.66. The minimum atomic E-state index is -4.58. The largest absolute Gasteiger partial charge is 0.355 e. The van der Waals surface area contributed by atoms with Crippen molar-refractivity contribution in [3.8, 4) is 0 Å². The summed E-state index contributed by atoms with van der Waals surface area (Å²) >= 11 is 0. The third-order valence-electron chi connectivity index (χ3n) is 7.86. The molecule has 0 saturated heterocycles. The quantitative estimate of drug-likeness (QED) is 0.105. The van der Waals surface area contributed by atoms with Crippen LogP contribution in [-0.2, 0) is 20.2 Å². The smallest absolute Gasteiger partial charge is 0.295 e. The second-order valence-corrected chi connectivity index (χ2v) is 13.7. The molecule has 0 heterocycles. The number of para-hydroxylation sites is 1. The van der Waals surface area contributed by atoms with Crippen LogP contribution in [0.25, 0.3) is 32.3 Å². The van der Waals surface area contributed by atoms with Crippen molar-refractivity contribution in [2.45, 2.75) is 9.79 Å². The van der Waals surface area contributed by atoms with Gasteiger partial charge in [0.1, 0.15) is 9.79 Å². The number of hydrogen-bond acceptors (Lipinski definition) is 9. The van der Waals surface area contributed by atoms with Crippen molar-refractivity contribution >= 4 is 86.7 Å². The number of rotatable bonds is 8. The van der Waals surface area contributed by atoms with E-state index in [9.17, 15) is 25.9 Å². The summed E-state index contributed by atoms with van der Waals surface area (Å²) in [4.78, 5) is -0.479. The zero-order valence-corrected chi connectivity index (χ0v) is 27.0. The Hall–Kier alpha value is -5.86. The minimum absolute atomic E-state index is 0.216. The van der Waals surface area contributed by atoms with Crippen LogP contribution in [0.15, 0.2) is 164 Å². The van der Waals surface area contributed by atoms with Gasteiger partial charge in [-0.25, -0.2) is 0 Å². The van der Waals surface area contributed by atoms with Gasteiger partial charge in [-0.15, -0.1) is 20.5 Å². The Kier molecular flexibility index (Phi) is 8.18. The van der Waals surface area contributed by atoms with Gasteiger partial charge in [-0.05, 0) is 54.6 Å². The maximum Gasteiger partial charge on any atom is 0.295 e. The van der Waals surface area contributed by atoms with Crippen LogP contribution in [0.4, 0.5) is 34.1 Å². The van der Waals surface area contributed by atoms with E-state index in [1.807, 2.05) is 54.6 Å². The van der Waals surface area contributed by atoms with E-state index < -0.39 is 20.2 Å². The number of azo groups is 2. The summed E-state index contributed by atoms with van der Waals surface area (Å²) < 4.78 is 68.4. The van der Waals surface area contributed by atoms with Crippen molar-refractivity contribution in [2.75, 3.05) is 5.32 Å². The Morgan fingerprint density at radius 1 is 0.408 bits per heavy atom. The molecule has 0 spiro atoms. The fourth-order valence-electron chi connectivity index (χ4n) is 5.67. The molecule has 0 aliphatic carbocycles. The summed E-state index contributed by atoms with van der Waals surface area (Å²) in [5.41, 5.74) is 3.04. The van der Waals surface area contributed by atoms with E-state index in [0.29, 0.717) is 44.6 Å². The molecule has 13 heteroatoms. The summed E-state index contributed by atoms with van der Waals surface area (Å²) in [6.07, 6.45) is 0. The summed E-state index contributed by atoms with van der Waals surface area (Å²) in [7, 11) is -9.02. The van der Waals surface area contributed by atoms with Crippen LogP contribution in [0.5, 0.6) is 0 Å². The lowest BCUT2D eigenvalue weighted by Crippen LogP contribution is -2.01. The van der Waals surface area contributed by atoms with Crippen molar-refractivity contribution in [3.05, 3.63) is 133 Å². The number of anilines is 2. The van der Waals surface area contributed by atoms with E-state index in [2.05, 4.69) is 25.8 Å². The molecule has 0 fully saturated rings. The molecule has 7 rings (SSSR count). The van der Waals surface area contributed by atoms with Crippen LogP contribution in [0.3, 0.4) is 0 Å². The molecule has 11 nitrogen and oxygen atoms in total. The number of benzene rings is 7. The molecule has 49 heavy (non-hydrogen) atoms. The molecular formula is C36H25N5O6S2.